The van der Waals surface area contributed by atoms with Gasteiger partial charge in [-0.25, -0.2) is 9.97 Å². The third-order valence-electron chi connectivity index (χ3n) is 9.51. The van der Waals surface area contributed by atoms with E-state index in [2.05, 4.69) is 164 Å². The molecule has 0 spiro atoms. The van der Waals surface area contributed by atoms with Gasteiger partial charge in [-0.2, -0.15) is 0 Å². The van der Waals surface area contributed by atoms with Crippen molar-refractivity contribution in [1.82, 2.24) is 9.97 Å². The fourth-order valence-electron chi connectivity index (χ4n) is 7.10. The maximum atomic E-state index is 5.26. The number of hydrogen-bond acceptors (Lipinski definition) is 4. The molecule has 7 aromatic carbocycles. The van der Waals surface area contributed by atoms with Gasteiger partial charge >= 0.3 is 0 Å². The molecule has 0 radical (unpaired) electrons. The van der Waals surface area contributed by atoms with E-state index in [0.717, 1.165) is 33.6 Å². The average Bonchev–Trinajstić information content (AvgIpc) is 3.77. The molecule has 10 rings (SSSR count). The Bertz CT molecular complexity index is 2710. The molecule has 2 nitrogen and oxygen atoms in total. The van der Waals surface area contributed by atoms with Crippen molar-refractivity contribution in [1.29, 1.82) is 0 Å². The number of fused-ring (bicyclic) bond motifs is 6. The lowest BCUT2D eigenvalue weighted by Crippen LogP contribution is -1.96. The van der Waals surface area contributed by atoms with E-state index in [0.29, 0.717) is 5.82 Å². The molecule has 10 aromatic rings. The van der Waals surface area contributed by atoms with Crippen LogP contribution in [0.4, 0.5) is 0 Å². The molecule has 0 N–H and O–H groups in total. The van der Waals surface area contributed by atoms with Gasteiger partial charge in [0.25, 0.3) is 0 Å². The second-order valence-corrected chi connectivity index (χ2v) is 14.7. The predicted octanol–water partition coefficient (Wildman–Crippen LogP) is 13.5. The van der Waals surface area contributed by atoms with Crippen molar-refractivity contribution < 1.29 is 0 Å². The van der Waals surface area contributed by atoms with Gasteiger partial charge in [0.2, 0.25) is 0 Å². The van der Waals surface area contributed by atoms with Crippen LogP contribution in [0.2, 0.25) is 0 Å². The van der Waals surface area contributed by atoms with E-state index >= 15 is 0 Å². The summed E-state index contributed by atoms with van der Waals surface area (Å²) in [6.07, 6.45) is 0. The Kier molecular flexibility index (Phi) is 6.90. The van der Waals surface area contributed by atoms with Crippen LogP contribution < -0.4 is 0 Å². The average molecular weight is 673 g/mol. The van der Waals surface area contributed by atoms with Crippen molar-refractivity contribution in [3.8, 4) is 56.2 Å². The lowest BCUT2D eigenvalue weighted by atomic mass is 9.98. The van der Waals surface area contributed by atoms with E-state index < -0.39 is 0 Å². The third-order valence-corrected chi connectivity index (χ3v) is 11.9. The number of thiophene rings is 2. The number of hydrogen-bond donors (Lipinski definition) is 0. The van der Waals surface area contributed by atoms with E-state index in [1.54, 1.807) is 0 Å². The molecule has 0 fully saturated rings. The fourth-order valence-corrected chi connectivity index (χ4v) is 9.58. The van der Waals surface area contributed by atoms with Crippen LogP contribution in [0.15, 0.2) is 170 Å². The summed E-state index contributed by atoms with van der Waals surface area (Å²) in [6, 6.07) is 60.6. The van der Waals surface area contributed by atoms with Crippen molar-refractivity contribution in [2.75, 3.05) is 0 Å². The lowest BCUT2D eigenvalue weighted by molar-refractivity contribution is 1.18. The molecule has 0 aliphatic rings. The molecule has 0 aliphatic heterocycles. The van der Waals surface area contributed by atoms with Crippen LogP contribution in [0.5, 0.6) is 0 Å². The molecule has 0 unspecified atom stereocenters. The molecule has 3 aromatic heterocycles. The first-order valence-corrected chi connectivity index (χ1v) is 18.4. The van der Waals surface area contributed by atoms with Crippen LogP contribution >= 0.6 is 22.7 Å². The second-order valence-electron chi connectivity index (χ2n) is 12.6. The Hall–Kier alpha value is -5.94. The predicted molar refractivity (Wildman–Crippen MR) is 215 cm³/mol. The van der Waals surface area contributed by atoms with Crippen LogP contribution in [0.1, 0.15) is 0 Å². The summed E-state index contributed by atoms with van der Waals surface area (Å²) in [7, 11) is 0. The van der Waals surface area contributed by atoms with Crippen LogP contribution in [-0.2, 0) is 0 Å². The number of nitrogens with zero attached hydrogens (tertiary/aromatic N) is 2. The highest BCUT2D eigenvalue weighted by molar-refractivity contribution is 7.26. The largest absolute Gasteiger partial charge is 0.228 e. The molecule has 0 saturated heterocycles. The summed E-state index contributed by atoms with van der Waals surface area (Å²) in [5.74, 6) is 0.712. The zero-order valence-electron chi connectivity index (χ0n) is 26.9. The van der Waals surface area contributed by atoms with Crippen LogP contribution in [0.3, 0.4) is 0 Å². The number of benzene rings is 7. The zero-order valence-corrected chi connectivity index (χ0v) is 28.5. The topological polar surface area (TPSA) is 25.8 Å². The molecule has 0 aliphatic carbocycles. The lowest BCUT2D eigenvalue weighted by Gasteiger charge is -2.12. The first kappa shape index (κ1) is 29.0. The van der Waals surface area contributed by atoms with E-state index in [1.165, 1.54) is 57.0 Å². The Labute approximate surface area is 297 Å². The maximum Gasteiger partial charge on any atom is 0.160 e. The first-order chi connectivity index (χ1) is 24.8. The van der Waals surface area contributed by atoms with Gasteiger partial charge in [-0.15, -0.1) is 22.7 Å². The van der Waals surface area contributed by atoms with Gasteiger partial charge in [0.1, 0.15) is 0 Å². The van der Waals surface area contributed by atoms with Crippen molar-refractivity contribution in [2.24, 2.45) is 0 Å². The van der Waals surface area contributed by atoms with Crippen molar-refractivity contribution in [3.63, 3.8) is 0 Å². The van der Waals surface area contributed by atoms with Gasteiger partial charge in [-0.1, -0.05) is 140 Å². The summed E-state index contributed by atoms with van der Waals surface area (Å²) < 4.78 is 5.23. The summed E-state index contributed by atoms with van der Waals surface area (Å²) in [4.78, 5) is 10.4. The van der Waals surface area contributed by atoms with Crippen molar-refractivity contribution >= 4 is 63.0 Å². The molecular weight excluding hydrogens is 645 g/mol. The highest BCUT2D eigenvalue weighted by Gasteiger charge is 2.16. The quantitative estimate of drug-likeness (QED) is 0.182. The maximum absolute atomic E-state index is 5.26. The molecule has 4 heteroatoms. The Morgan fingerprint density at radius 1 is 0.320 bits per heavy atom. The highest BCUT2D eigenvalue weighted by Crippen LogP contribution is 2.42. The minimum atomic E-state index is 0.712. The molecule has 50 heavy (non-hydrogen) atoms. The summed E-state index contributed by atoms with van der Waals surface area (Å²) in [6.45, 7) is 0. The Morgan fingerprint density at radius 3 is 1.38 bits per heavy atom. The third kappa shape index (κ3) is 4.92. The highest BCUT2D eigenvalue weighted by atomic mass is 32.1. The molecule has 0 saturated carbocycles. The van der Waals surface area contributed by atoms with Gasteiger partial charge in [-0.3, -0.25) is 0 Å². The fraction of sp³-hybridized carbons (Fsp3) is 0. The summed E-state index contributed by atoms with van der Waals surface area (Å²) in [5, 5.41) is 5.21. The molecular formula is C46H28N2S2. The van der Waals surface area contributed by atoms with Crippen LogP contribution in [-0.4, -0.2) is 9.97 Å². The van der Waals surface area contributed by atoms with Crippen molar-refractivity contribution in [3.05, 3.63) is 170 Å². The van der Waals surface area contributed by atoms with Gasteiger partial charge in [0.15, 0.2) is 5.82 Å². The minimum Gasteiger partial charge on any atom is -0.228 e. The molecule has 3 heterocycles. The summed E-state index contributed by atoms with van der Waals surface area (Å²) >= 11 is 3.72. The molecule has 234 valence electrons. The monoisotopic (exact) mass is 672 g/mol. The zero-order chi connectivity index (χ0) is 33.0. The Balaban J connectivity index is 1.12. The standard InChI is InChI=1S/C46H28N2S2/c1-2-12-29(13-3-1)40-28-41(32-16-8-14-30(26-32)34-20-10-22-38-36-18-4-6-24-42(36)49-44(34)38)48-46(47-40)33-17-9-15-31(27-33)35-21-11-23-39-37-19-5-7-25-43(37)50-45(35)39/h1-28H. The Morgan fingerprint density at radius 2 is 0.760 bits per heavy atom. The normalized spacial score (nSPS) is 11.6. The molecule has 0 atom stereocenters. The second kappa shape index (κ2) is 11.9. The van der Waals surface area contributed by atoms with Crippen LogP contribution in [0.25, 0.3) is 96.5 Å². The van der Waals surface area contributed by atoms with Gasteiger partial charge in [0, 0.05) is 57.0 Å². The van der Waals surface area contributed by atoms with Crippen molar-refractivity contribution in [2.45, 2.75) is 0 Å². The summed E-state index contributed by atoms with van der Waals surface area (Å²) in [5.41, 5.74) is 9.73. The number of aromatic nitrogens is 2. The van der Waals surface area contributed by atoms with Gasteiger partial charge in [0.05, 0.1) is 11.4 Å². The number of rotatable bonds is 5. The molecule has 0 amide bonds. The first-order valence-electron chi connectivity index (χ1n) is 16.7. The van der Waals surface area contributed by atoms with Crippen LogP contribution in [0, 0.1) is 0 Å². The van der Waals surface area contributed by atoms with Gasteiger partial charge < -0.3 is 0 Å². The van der Waals surface area contributed by atoms with Gasteiger partial charge in [-0.05, 0) is 52.6 Å². The molecule has 0 bridgehead atoms. The van der Waals surface area contributed by atoms with E-state index in [9.17, 15) is 0 Å². The van der Waals surface area contributed by atoms with E-state index in [-0.39, 0.29) is 0 Å². The smallest absolute Gasteiger partial charge is 0.160 e. The van der Waals surface area contributed by atoms with E-state index in [1.807, 2.05) is 28.7 Å². The minimum absolute atomic E-state index is 0.712. The van der Waals surface area contributed by atoms with E-state index in [4.69, 9.17) is 9.97 Å². The SMILES string of the molecule is c1ccc(-c2cc(-c3cccc(-c4cccc5c4sc4ccccc45)c3)nc(-c3cccc(-c4cccc5c4sc4ccccc45)c3)n2)cc1.